The first-order chi connectivity index (χ1) is 14.1. The van der Waals surface area contributed by atoms with Gasteiger partial charge in [0.25, 0.3) is 5.91 Å². The van der Waals surface area contributed by atoms with Crippen molar-refractivity contribution in [1.29, 1.82) is 0 Å². The molecule has 0 saturated carbocycles. The van der Waals surface area contributed by atoms with Crippen molar-refractivity contribution in [3.63, 3.8) is 0 Å². The lowest BCUT2D eigenvalue weighted by atomic mass is 9.96. The highest BCUT2D eigenvalue weighted by atomic mass is 79.9. The molecule has 1 aliphatic rings. The number of carbonyl (C=O) groups is 2. The van der Waals surface area contributed by atoms with Gasteiger partial charge in [-0.3, -0.25) is 14.5 Å². The normalized spacial score (nSPS) is 16.8. The van der Waals surface area contributed by atoms with Gasteiger partial charge in [-0.1, -0.05) is 46.3 Å². The summed E-state index contributed by atoms with van der Waals surface area (Å²) < 4.78 is 1.06. The van der Waals surface area contributed by atoms with Crippen LogP contribution >= 0.6 is 15.9 Å². The number of piperidine rings is 1. The van der Waals surface area contributed by atoms with E-state index in [9.17, 15) is 9.59 Å². The molecule has 0 aliphatic carbocycles. The van der Waals surface area contributed by atoms with Crippen LogP contribution in [-0.4, -0.2) is 36.3 Å². The summed E-state index contributed by atoms with van der Waals surface area (Å²) in [6, 6.07) is 15.4. The third-order valence-corrected chi connectivity index (χ3v) is 5.56. The molecule has 1 heterocycles. The lowest BCUT2D eigenvalue weighted by Gasteiger charge is -2.32. The molecule has 152 valence electrons. The molecule has 2 amide bonds. The first-order valence-corrected chi connectivity index (χ1v) is 10.6. The van der Waals surface area contributed by atoms with Crippen LogP contribution in [0.2, 0.25) is 0 Å². The first-order valence-electron chi connectivity index (χ1n) is 9.82. The summed E-state index contributed by atoms with van der Waals surface area (Å²) in [5.41, 5.74) is 2.24. The molecule has 1 saturated heterocycles. The van der Waals surface area contributed by atoms with Gasteiger partial charge < -0.3 is 10.6 Å². The summed E-state index contributed by atoms with van der Waals surface area (Å²) in [6.45, 7) is 6.52. The standard InChI is InChI=1S/C23H26BrN3O2/c1-2-13-25-23(29)20-7-3-4-8-21(20)26-22(28)18-6-5-14-27(16-18)15-17-9-11-19(24)12-10-17/h2-4,7-12,18H,1,5-6,13-16H2,(H,25,29)(H,26,28). The van der Waals surface area contributed by atoms with Gasteiger partial charge in [-0.15, -0.1) is 6.58 Å². The van der Waals surface area contributed by atoms with E-state index >= 15 is 0 Å². The number of hydrogen-bond acceptors (Lipinski definition) is 3. The zero-order valence-corrected chi connectivity index (χ0v) is 18.0. The Morgan fingerprint density at radius 3 is 2.69 bits per heavy atom. The van der Waals surface area contributed by atoms with E-state index in [1.165, 1.54) is 5.56 Å². The molecule has 1 fully saturated rings. The molecule has 2 N–H and O–H groups in total. The van der Waals surface area contributed by atoms with Gasteiger partial charge in [0.2, 0.25) is 5.91 Å². The number of nitrogens with zero attached hydrogens (tertiary/aromatic N) is 1. The van der Waals surface area contributed by atoms with Crippen molar-refractivity contribution in [1.82, 2.24) is 10.2 Å². The Kier molecular flexibility index (Phi) is 7.61. The highest BCUT2D eigenvalue weighted by molar-refractivity contribution is 9.10. The monoisotopic (exact) mass is 455 g/mol. The van der Waals surface area contributed by atoms with Crippen molar-refractivity contribution in [2.75, 3.05) is 25.0 Å². The molecule has 3 rings (SSSR count). The van der Waals surface area contributed by atoms with Crippen molar-refractivity contribution in [3.05, 3.63) is 76.8 Å². The van der Waals surface area contributed by atoms with Crippen LogP contribution in [0.4, 0.5) is 5.69 Å². The fraction of sp³-hybridized carbons (Fsp3) is 0.304. The molecule has 5 nitrogen and oxygen atoms in total. The molecule has 29 heavy (non-hydrogen) atoms. The van der Waals surface area contributed by atoms with Gasteiger partial charge in [0, 0.05) is 24.1 Å². The number of benzene rings is 2. The number of anilines is 1. The minimum atomic E-state index is -0.221. The lowest BCUT2D eigenvalue weighted by molar-refractivity contribution is -0.121. The molecule has 2 aromatic rings. The fourth-order valence-electron chi connectivity index (χ4n) is 3.55. The SMILES string of the molecule is C=CCNC(=O)c1ccccc1NC(=O)C1CCCN(Cc2ccc(Br)cc2)C1. The van der Waals surface area contributed by atoms with Crippen LogP contribution in [-0.2, 0) is 11.3 Å². The molecular weight excluding hydrogens is 430 g/mol. The average Bonchev–Trinajstić information content (AvgIpc) is 2.74. The van der Waals surface area contributed by atoms with E-state index in [-0.39, 0.29) is 17.7 Å². The number of rotatable bonds is 7. The van der Waals surface area contributed by atoms with Crippen molar-refractivity contribution < 1.29 is 9.59 Å². The molecule has 0 bridgehead atoms. The van der Waals surface area contributed by atoms with Crippen LogP contribution in [0.3, 0.4) is 0 Å². The maximum absolute atomic E-state index is 12.9. The van der Waals surface area contributed by atoms with Gasteiger partial charge in [-0.2, -0.15) is 0 Å². The topological polar surface area (TPSA) is 61.4 Å². The molecule has 1 atom stereocenters. The summed E-state index contributed by atoms with van der Waals surface area (Å²) in [4.78, 5) is 27.6. The lowest BCUT2D eigenvalue weighted by Crippen LogP contribution is -2.40. The van der Waals surface area contributed by atoms with E-state index in [0.717, 1.165) is 30.4 Å². The summed E-state index contributed by atoms with van der Waals surface area (Å²) in [5.74, 6) is -0.348. The predicted octanol–water partition coefficient (Wildman–Crippen LogP) is 4.22. The minimum Gasteiger partial charge on any atom is -0.349 e. The fourth-order valence-corrected chi connectivity index (χ4v) is 3.81. The number of likely N-dealkylation sites (tertiary alicyclic amines) is 1. The van der Waals surface area contributed by atoms with Crippen molar-refractivity contribution in [3.8, 4) is 0 Å². The second-order valence-corrected chi connectivity index (χ2v) is 8.15. The van der Waals surface area contributed by atoms with Gasteiger partial charge in [-0.25, -0.2) is 0 Å². The maximum atomic E-state index is 12.9. The maximum Gasteiger partial charge on any atom is 0.253 e. The number of amides is 2. The van der Waals surface area contributed by atoms with Gasteiger partial charge in [-0.05, 0) is 49.2 Å². The number of carbonyl (C=O) groups excluding carboxylic acids is 2. The highest BCUT2D eigenvalue weighted by Crippen LogP contribution is 2.22. The average molecular weight is 456 g/mol. The molecule has 0 spiro atoms. The number of halogens is 1. The summed E-state index contributed by atoms with van der Waals surface area (Å²) >= 11 is 3.46. The molecular formula is C23H26BrN3O2. The van der Waals surface area contributed by atoms with Crippen LogP contribution in [0.1, 0.15) is 28.8 Å². The van der Waals surface area contributed by atoms with Crippen LogP contribution in [0.5, 0.6) is 0 Å². The Balaban J connectivity index is 1.62. The third-order valence-electron chi connectivity index (χ3n) is 5.03. The van der Waals surface area contributed by atoms with Crippen molar-refractivity contribution in [2.24, 2.45) is 5.92 Å². The van der Waals surface area contributed by atoms with Crippen LogP contribution in [0.25, 0.3) is 0 Å². The van der Waals surface area contributed by atoms with Gasteiger partial charge in [0.05, 0.1) is 17.2 Å². The third kappa shape index (κ3) is 6.02. The predicted molar refractivity (Wildman–Crippen MR) is 120 cm³/mol. The van der Waals surface area contributed by atoms with Crippen LogP contribution in [0, 0.1) is 5.92 Å². The van der Waals surface area contributed by atoms with Crippen molar-refractivity contribution >= 4 is 33.4 Å². The number of para-hydroxylation sites is 1. The van der Waals surface area contributed by atoms with E-state index in [1.807, 2.05) is 18.2 Å². The second-order valence-electron chi connectivity index (χ2n) is 7.23. The molecule has 6 heteroatoms. The van der Waals surface area contributed by atoms with E-state index in [2.05, 4.69) is 50.2 Å². The van der Waals surface area contributed by atoms with Crippen molar-refractivity contribution in [2.45, 2.75) is 19.4 Å². The first kappa shape index (κ1) is 21.3. The molecule has 2 aromatic carbocycles. The summed E-state index contributed by atoms with van der Waals surface area (Å²) in [7, 11) is 0. The highest BCUT2D eigenvalue weighted by Gasteiger charge is 2.26. The molecule has 1 aliphatic heterocycles. The van der Waals surface area contributed by atoms with Gasteiger partial charge in [0.1, 0.15) is 0 Å². The quantitative estimate of drug-likeness (QED) is 0.614. The zero-order chi connectivity index (χ0) is 20.6. The van der Waals surface area contributed by atoms with Crippen LogP contribution < -0.4 is 10.6 Å². The second kappa shape index (κ2) is 10.4. The van der Waals surface area contributed by atoms with E-state index in [1.54, 1.807) is 24.3 Å². The minimum absolute atomic E-state index is 0.0329. The summed E-state index contributed by atoms with van der Waals surface area (Å²) in [6.07, 6.45) is 3.46. The van der Waals surface area contributed by atoms with E-state index in [4.69, 9.17) is 0 Å². The molecule has 1 unspecified atom stereocenters. The Morgan fingerprint density at radius 1 is 1.17 bits per heavy atom. The van der Waals surface area contributed by atoms with Crippen LogP contribution in [0.15, 0.2) is 65.7 Å². The van der Waals surface area contributed by atoms with Gasteiger partial charge >= 0.3 is 0 Å². The smallest absolute Gasteiger partial charge is 0.253 e. The van der Waals surface area contributed by atoms with E-state index < -0.39 is 0 Å². The molecule has 0 radical (unpaired) electrons. The Bertz CT molecular complexity index is 867. The zero-order valence-electron chi connectivity index (χ0n) is 16.4. The summed E-state index contributed by atoms with van der Waals surface area (Å²) in [5, 5.41) is 5.73. The number of hydrogen-bond donors (Lipinski definition) is 2. The largest absolute Gasteiger partial charge is 0.349 e. The molecule has 0 aromatic heterocycles. The van der Waals surface area contributed by atoms with Gasteiger partial charge in [0.15, 0.2) is 0 Å². The Morgan fingerprint density at radius 2 is 1.93 bits per heavy atom. The Labute approximate surface area is 180 Å². The number of nitrogens with one attached hydrogen (secondary N) is 2. The van der Waals surface area contributed by atoms with E-state index in [0.29, 0.717) is 24.3 Å². The Hall–Kier alpha value is -2.44.